The molecule has 1 aromatic carbocycles. The largest absolute Gasteiger partial charge is 0.380 e. The van der Waals surface area contributed by atoms with Crippen molar-refractivity contribution in [1.82, 2.24) is 4.90 Å². The van der Waals surface area contributed by atoms with Gasteiger partial charge in [-0.25, -0.2) is 0 Å². The molecule has 0 radical (unpaired) electrons. The van der Waals surface area contributed by atoms with Crippen LogP contribution in [-0.4, -0.2) is 37.7 Å². The Bertz CT molecular complexity index is 517. The van der Waals surface area contributed by atoms with E-state index in [1.165, 1.54) is 41.6 Å². The summed E-state index contributed by atoms with van der Waals surface area (Å²) in [6.07, 6.45) is 3.45. The first kappa shape index (κ1) is 16.5. The fraction of sp³-hybridized carbons (Fsp3) is 0.556. The average molecular weight is 305 g/mol. The topological polar surface area (TPSA) is 12.5 Å². The zero-order chi connectivity index (χ0) is 14.9. The van der Waals surface area contributed by atoms with Crippen LogP contribution in [0.25, 0.3) is 10.1 Å². The summed E-state index contributed by atoms with van der Waals surface area (Å²) in [5.41, 5.74) is 1.37. The van der Waals surface area contributed by atoms with Gasteiger partial charge in [0.1, 0.15) is 0 Å². The number of thiophene rings is 1. The third-order valence-electron chi connectivity index (χ3n) is 3.68. The molecule has 2 rings (SSSR count). The van der Waals surface area contributed by atoms with E-state index in [0.717, 1.165) is 26.2 Å². The summed E-state index contributed by atoms with van der Waals surface area (Å²) >= 11 is 1.80. The minimum atomic E-state index is 0.821. The van der Waals surface area contributed by atoms with Crippen LogP contribution in [0.4, 0.5) is 0 Å². The third-order valence-corrected chi connectivity index (χ3v) is 4.58. The predicted molar refractivity (Wildman–Crippen MR) is 93.4 cm³/mol. The lowest BCUT2D eigenvalue weighted by Crippen LogP contribution is -2.29. The Morgan fingerprint density at radius 1 is 1.00 bits per heavy atom. The van der Waals surface area contributed by atoms with Crippen molar-refractivity contribution >= 4 is 21.4 Å². The molecule has 0 aliphatic rings. The van der Waals surface area contributed by atoms with Crippen molar-refractivity contribution in [2.24, 2.45) is 0 Å². The van der Waals surface area contributed by atoms with Crippen molar-refractivity contribution in [3.63, 3.8) is 0 Å². The maximum absolute atomic E-state index is 5.82. The first-order valence-corrected chi connectivity index (χ1v) is 8.97. The van der Waals surface area contributed by atoms with Crippen LogP contribution in [0.5, 0.6) is 0 Å². The summed E-state index contributed by atoms with van der Waals surface area (Å²) < 4.78 is 7.19. The van der Waals surface area contributed by atoms with Crippen LogP contribution < -0.4 is 0 Å². The van der Waals surface area contributed by atoms with Crippen LogP contribution in [0.2, 0.25) is 0 Å². The quantitative estimate of drug-likeness (QED) is 0.596. The fourth-order valence-corrected chi connectivity index (χ4v) is 3.40. The van der Waals surface area contributed by atoms with Gasteiger partial charge in [-0.2, -0.15) is 0 Å². The van der Waals surface area contributed by atoms with Gasteiger partial charge in [0.25, 0.3) is 0 Å². The predicted octanol–water partition coefficient (Wildman–Crippen LogP) is 4.58. The summed E-state index contributed by atoms with van der Waals surface area (Å²) in [5, 5.41) is 3.51. The SMILES string of the molecule is CCCN(CCC)CCOCCc1ccc2sccc2c1. The molecule has 3 heteroatoms. The van der Waals surface area contributed by atoms with Gasteiger partial charge in [-0.1, -0.05) is 26.0 Å². The van der Waals surface area contributed by atoms with Crippen LogP contribution in [0.3, 0.4) is 0 Å². The highest BCUT2D eigenvalue weighted by Crippen LogP contribution is 2.21. The molecule has 0 fully saturated rings. The van der Waals surface area contributed by atoms with Gasteiger partial charge in [-0.3, -0.25) is 0 Å². The normalized spacial score (nSPS) is 11.6. The van der Waals surface area contributed by atoms with Crippen molar-refractivity contribution < 1.29 is 4.74 Å². The standard InChI is InChI=1S/C18H27NOS/c1-3-9-19(10-4-2)11-13-20-12-7-16-5-6-18-17(15-16)8-14-21-18/h5-6,8,14-15H,3-4,7,9-13H2,1-2H3. The smallest absolute Gasteiger partial charge is 0.0593 e. The number of nitrogens with zero attached hydrogens (tertiary/aromatic N) is 1. The molecule has 2 aromatic rings. The van der Waals surface area contributed by atoms with E-state index in [4.69, 9.17) is 4.74 Å². The van der Waals surface area contributed by atoms with Gasteiger partial charge < -0.3 is 9.64 Å². The molecule has 0 spiro atoms. The average Bonchev–Trinajstić information content (AvgIpc) is 2.95. The summed E-state index contributed by atoms with van der Waals surface area (Å²) in [5.74, 6) is 0. The highest BCUT2D eigenvalue weighted by atomic mass is 32.1. The number of rotatable bonds is 10. The van der Waals surface area contributed by atoms with Gasteiger partial charge in [0, 0.05) is 11.2 Å². The maximum atomic E-state index is 5.82. The summed E-state index contributed by atoms with van der Waals surface area (Å²) in [4.78, 5) is 2.50. The van der Waals surface area contributed by atoms with Crippen LogP contribution in [-0.2, 0) is 11.2 Å². The van der Waals surface area contributed by atoms with Crippen molar-refractivity contribution in [2.75, 3.05) is 32.8 Å². The third kappa shape index (κ3) is 5.42. The van der Waals surface area contributed by atoms with Gasteiger partial charge in [-0.05, 0) is 60.8 Å². The molecule has 1 aromatic heterocycles. The first-order valence-electron chi connectivity index (χ1n) is 8.09. The molecule has 21 heavy (non-hydrogen) atoms. The van der Waals surface area contributed by atoms with Crippen molar-refractivity contribution in [2.45, 2.75) is 33.1 Å². The molecule has 116 valence electrons. The molecule has 0 aliphatic heterocycles. The maximum Gasteiger partial charge on any atom is 0.0593 e. The van der Waals surface area contributed by atoms with E-state index in [-0.39, 0.29) is 0 Å². The first-order chi connectivity index (χ1) is 10.3. The van der Waals surface area contributed by atoms with E-state index in [9.17, 15) is 0 Å². The second-order valence-electron chi connectivity index (χ2n) is 5.50. The van der Waals surface area contributed by atoms with E-state index in [1.54, 1.807) is 11.3 Å². The lowest BCUT2D eigenvalue weighted by atomic mass is 10.1. The van der Waals surface area contributed by atoms with E-state index >= 15 is 0 Å². The molecule has 0 aliphatic carbocycles. The summed E-state index contributed by atoms with van der Waals surface area (Å²) in [6, 6.07) is 8.93. The minimum Gasteiger partial charge on any atom is -0.380 e. The molecule has 1 heterocycles. The lowest BCUT2D eigenvalue weighted by molar-refractivity contribution is 0.106. The van der Waals surface area contributed by atoms with Gasteiger partial charge in [0.05, 0.1) is 13.2 Å². The van der Waals surface area contributed by atoms with Gasteiger partial charge in [-0.15, -0.1) is 11.3 Å². The highest BCUT2D eigenvalue weighted by Gasteiger charge is 2.02. The Morgan fingerprint density at radius 3 is 2.57 bits per heavy atom. The molecule has 0 bridgehead atoms. The molecule has 0 atom stereocenters. The number of hydrogen-bond acceptors (Lipinski definition) is 3. The molecular formula is C18H27NOS. The van der Waals surface area contributed by atoms with Crippen LogP contribution in [0.1, 0.15) is 32.3 Å². The van der Waals surface area contributed by atoms with E-state index < -0.39 is 0 Å². The number of ether oxygens (including phenoxy) is 1. The van der Waals surface area contributed by atoms with E-state index in [1.807, 2.05) is 0 Å². The monoisotopic (exact) mass is 305 g/mol. The van der Waals surface area contributed by atoms with Crippen LogP contribution >= 0.6 is 11.3 Å². The summed E-state index contributed by atoms with van der Waals surface area (Å²) in [7, 11) is 0. The highest BCUT2D eigenvalue weighted by molar-refractivity contribution is 7.17. The second kappa shape index (κ2) is 9.19. The molecule has 0 saturated heterocycles. The molecule has 0 amide bonds. The molecule has 0 N–H and O–H groups in total. The number of benzene rings is 1. The van der Waals surface area contributed by atoms with E-state index in [0.29, 0.717) is 0 Å². The summed E-state index contributed by atoms with van der Waals surface area (Å²) in [6.45, 7) is 9.58. The molecular weight excluding hydrogens is 278 g/mol. The van der Waals surface area contributed by atoms with Crippen LogP contribution in [0, 0.1) is 0 Å². The van der Waals surface area contributed by atoms with Crippen molar-refractivity contribution in [3.05, 3.63) is 35.2 Å². The Morgan fingerprint density at radius 2 is 1.81 bits per heavy atom. The zero-order valence-electron chi connectivity index (χ0n) is 13.3. The Kier molecular flexibility index (Phi) is 7.20. The van der Waals surface area contributed by atoms with Gasteiger partial charge in [0.15, 0.2) is 0 Å². The Labute approximate surface area is 132 Å². The molecule has 0 unspecified atom stereocenters. The van der Waals surface area contributed by atoms with Gasteiger partial charge in [0.2, 0.25) is 0 Å². The van der Waals surface area contributed by atoms with Crippen LogP contribution in [0.15, 0.2) is 29.6 Å². The van der Waals surface area contributed by atoms with Crippen molar-refractivity contribution in [3.8, 4) is 0 Å². The Hall–Kier alpha value is -0.900. The zero-order valence-corrected chi connectivity index (χ0v) is 14.1. The second-order valence-corrected chi connectivity index (χ2v) is 6.44. The minimum absolute atomic E-state index is 0.821. The molecule has 0 saturated carbocycles. The lowest BCUT2D eigenvalue weighted by Gasteiger charge is -2.20. The van der Waals surface area contributed by atoms with Crippen molar-refractivity contribution in [1.29, 1.82) is 0 Å². The fourth-order valence-electron chi connectivity index (χ4n) is 2.63. The number of hydrogen-bond donors (Lipinski definition) is 0. The van der Waals surface area contributed by atoms with E-state index in [2.05, 4.69) is 48.4 Å². The molecule has 2 nitrogen and oxygen atoms in total. The number of fused-ring (bicyclic) bond motifs is 1. The Balaban J connectivity index is 1.66. The van der Waals surface area contributed by atoms with Gasteiger partial charge >= 0.3 is 0 Å².